The van der Waals surface area contributed by atoms with E-state index in [1.54, 1.807) is 5.56 Å². The summed E-state index contributed by atoms with van der Waals surface area (Å²) in [4.78, 5) is 2.82. The lowest BCUT2D eigenvalue weighted by Crippen LogP contribution is -2.64. The van der Waals surface area contributed by atoms with Gasteiger partial charge in [0.1, 0.15) is 0 Å². The molecule has 1 saturated carbocycles. The topological polar surface area (TPSA) is 8.17 Å². The van der Waals surface area contributed by atoms with E-state index in [4.69, 9.17) is 0 Å². The Labute approximate surface area is 235 Å². The van der Waals surface area contributed by atoms with Crippen molar-refractivity contribution in [1.82, 2.24) is 4.57 Å². The summed E-state index contributed by atoms with van der Waals surface area (Å²) in [6.07, 6.45) is 5.14. The lowest BCUT2D eigenvalue weighted by atomic mass is 9.33. The van der Waals surface area contributed by atoms with E-state index in [1.807, 2.05) is 0 Å². The van der Waals surface area contributed by atoms with Gasteiger partial charge >= 0.3 is 0 Å². The number of para-hydroxylation sites is 2. The van der Waals surface area contributed by atoms with Gasteiger partial charge in [0.2, 0.25) is 0 Å². The van der Waals surface area contributed by atoms with Gasteiger partial charge in [-0.05, 0) is 89.2 Å². The number of anilines is 2. The van der Waals surface area contributed by atoms with Crippen molar-refractivity contribution in [2.45, 2.75) is 57.4 Å². The van der Waals surface area contributed by atoms with Crippen LogP contribution < -0.4 is 21.3 Å². The van der Waals surface area contributed by atoms with E-state index in [0.717, 1.165) is 0 Å². The molecule has 10 rings (SSSR count). The normalized spacial score (nSPS) is 23.6. The summed E-state index contributed by atoms with van der Waals surface area (Å²) >= 11 is 0. The molecule has 1 fully saturated rings. The number of hydrogen-bond donors (Lipinski definition) is 0. The molecule has 1 aliphatic carbocycles. The van der Waals surface area contributed by atoms with Crippen LogP contribution in [0.1, 0.15) is 50.7 Å². The Balaban J connectivity index is 1.41. The highest BCUT2D eigenvalue weighted by Crippen LogP contribution is 2.61. The molecule has 0 N–H and O–H groups in total. The maximum atomic E-state index is 2.82. The number of benzene rings is 5. The molecule has 2 atom stereocenters. The molecule has 0 radical (unpaired) electrons. The Morgan fingerprint density at radius 3 is 2.35 bits per heavy atom. The standard InChI is InChI=1S/C37H31BN2/c1-22-18-31-33-32(19-22)40-35-27(36(2)16-6-7-17-37(36,40)3)13-9-15-29(35)38(33)28-14-8-12-25-26-20-23-10-4-5-11-24(23)21-30(26)39(31)34(25)28/h4-5,8-15,18-21H,6-7,16-17H2,1-3H3. The molecule has 0 saturated heterocycles. The van der Waals surface area contributed by atoms with Crippen molar-refractivity contribution in [3.63, 3.8) is 0 Å². The molecule has 3 aliphatic heterocycles. The molecule has 4 aliphatic rings. The number of fused-ring (bicyclic) bond motifs is 11. The minimum Gasteiger partial charge on any atom is -0.335 e. The zero-order valence-electron chi connectivity index (χ0n) is 23.4. The van der Waals surface area contributed by atoms with Crippen molar-refractivity contribution < 1.29 is 0 Å². The summed E-state index contributed by atoms with van der Waals surface area (Å²) < 4.78 is 2.61. The summed E-state index contributed by atoms with van der Waals surface area (Å²) in [6.45, 7) is 7.68. The smallest absolute Gasteiger partial charge is 0.252 e. The largest absolute Gasteiger partial charge is 0.335 e. The summed E-state index contributed by atoms with van der Waals surface area (Å²) in [7, 11) is 0. The molecule has 40 heavy (non-hydrogen) atoms. The van der Waals surface area contributed by atoms with Crippen molar-refractivity contribution in [2.24, 2.45) is 0 Å². The molecule has 2 unspecified atom stereocenters. The lowest BCUT2D eigenvalue weighted by molar-refractivity contribution is 0.195. The highest BCUT2D eigenvalue weighted by molar-refractivity contribution is 7.00. The van der Waals surface area contributed by atoms with Gasteiger partial charge in [-0.3, -0.25) is 0 Å². The van der Waals surface area contributed by atoms with Crippen molar-refractivity contribution >= 4 is 67.1 Å². The quantitative estimate of drug-likeness (QED) is 0.196. The van der Waals surface area contributed by atoms with Gasteiger partial charge in [-0.1, -0.05) is 80.4 Å². The van der Waals surface area contributed by atoms with Crippen LogP contribution in [0.25, 0.3) is 38.3 Å². The molecule has 6 aromatic rings. The Bertz CT molecular complexity index is 2140. The number of aryl methyl sites for hydroxylation is 1. The van der Waals surface area contributed by atoms with Crippen LogP contribution in [0.2, 0.25) is 0 Å². The molecule has 5 aromatic carbocycles. The maximum absolute atomic E-state index is 2.82. The van der Waals surface area contributed by atoms with Crippen LogP contribution in [0, 0.1) is 6.92 Å². The third-order valence-electron chi connectivity index (χ3n) is 11.5. The van der Waals surface area contributed by atoms with Gasteiger partial charge in [-0.2, -0.15) is 0 Å². The number of rotatable bonds is 0. The monoisotopic (exact) mass is 514 g/mol. The predicted molar refractivity (Wildman–Crippen MR) is 170 cm³/mol. The fourth-order valence-electron chi connectivity index (χ4n) is 9.56. The van der Waals surface area contributed by atoms with Crippen LogP contribution in [0.5, 0.6) is 0 Å². The number of nitrogens with zero attached hydrogens (tertiary/aromatic N) is 2. The minimum atomic E-state index is 0.0808. The first-order valence-corrected chi connectivity index (χ1v) is 15.0. The summed E-state index contributed by atoms with van der Waals surface area (Å²) in [6, 6.07) is 32.9. The van der Waals surface area contributed by atoms with Crippen molar-refractivity contribution in [3.8, 4) is 5.69 Å². The van der Waals surface area contributed by atoms with E-state index in [0.29, 0.717) is 0 Å². The average molecular weight is 514 g/mol. The molecule has 0 amide bonds. The predicted octanol–water partition coefficient (Wildman–Crippen LogP) is 7.13. The van der Waals surface area contributed by atoms with Crippen molar-refractivity contribution in [3.05, 3.63) is 96.1 Å². The highest BCUT2D eigenvalue weighted by Gasteiger charge is 2.60. The first-order valence-electron chi connectivity index (χ1n) is 15.0. The number of hydrogen-bond acceptors (Lipinski definition) is 1. The second-order valence-corrected chi connectivity index (χ2v) is 13.3. The van der Waals surface area contributed by atoms with Gasteiger partial charge in [0.15, 0.2) is 0 Å². The van der Waals surface area contributed by atoms with Crippen LogP contribution >= 0.6 is 0 Å². The van der Waals surface area contributed by atoms with Gasteiger partial charge in [-0.15, -0.1) is 0 Å². The zero-order chi connectivity index (χ0) is 26.5. The SMILES string of the molecule is Cc1cc2c3c(c1)-n1c4cc5ccccc5cc4c4cccc(c41)B3c1cccc3c1N2C1(C)CCCCC31C. The Morgan fingerprint density at radius 1 is 0.725 bits per heavy atom. The fourth-order valence-corrected chi connectivity index (χ4v) is 9.56. The third kappa shape index (κ3) is 2.23. The van der Waals surface area contributed by atoms with Gasteiger partial charge in [-0.25, -0.2) is 0 Å². The molecule has 192 valence electrons. The van der Waals surface area contributed by atoms with Crippen LogP contribution in [0.4, 0.5) is 11.4 Å². The van der Waals surface area contributed by atoms with Crippen LogP contribution in [0.15, 0.2) is 84.9 Å². The number of aromatic nitrogens is 1. The van der Waals surface area contributed by atoms with Crippen LogP contribution in [-0.2, 0) is 5.41 Å². The second-order valence-electron chi connectivity index (χ2n) is 13.3. The zero-order valence-corrected chi connectivity index (χ0v) is 23.4. The van der Waals surface area contributed by atoms with Crippen molar-refractivity contribution in [1.29, 1.82) is 0 Å². The van der Waals surface area contributed by atoms with Gasteiger partial charge in [0, 0.05) is 38.8 Å². The van der Waals surface area contributed by atoms with Gasteiger partial charge < -0.3 is 9.47 Å². The first-order chi connectivity index (χ1) is 19.5. The Morgan fingerprint density at radius 2 is 1.48 bits per heavy atom. The van der Waals surface area contributed by atoms with E-state index in [9.17, 15) is 0 Å². The Hall–Kier alpha value is -3.98. The average Bonchev–Trinajstić information content (AvgIpc) is 3.40. The molecule has 0 bridgehead atoms. The van der Waals surface area contributed by atoms with Crippen LogP contribution in [0.3, 0.4) is 0 Å². The highest BCUT2D eigenvalue weighted by atomic mass is 15.3. The molecule has 4 heterocycles. The lowest BCUT2D eigenvalue weighted by Gasteiger charge is -2.52. The van der Waals surface area contributed by atoms with E-state index in [-0.39, 0.29) is 17.7 Å². The maximum Gasteiger partial charge on any atom is 0.252 e. The van der Waals surface area contributed by atoms with E-state index in [2.05, 4.69) is 115 Å². The second kappa shape index (κ2) is 6.83. The first kappa shape index (κ1) is 21.8. The molecule has 3 heteroatoms. The Kier molecular flexibility index (Phi) is 3.72. The van der Waals surface area contributed by atoms with E-state index in [1.165, 1.54) is 97.3 Å². The molecular weight excluding hydrogens is 483 g/mol. The van der Waals surface area contributed by atoms with Crippen LogP contribution in [-0.4, -0.2) is 16.8 Å². The fraction of sp³-hybridized carbons (Fsp3) is 0.243. The molecule has 0 spiro atoms. The molecule has 1 aromatic heterocycles. The summed E-state index contributed by atoms with van der Waals surface area (Å²) in [5, 5.41) is 5.34. The van der Waals surface area contributed by atoms with Crippen molar-refractivity contribution in [2.75, 3.05) is 4.90 Å². The summed E-state index contributed by atoms with van der Waals surface area (Å²) in [5.41, 5.74) is 14.6. The third-order valence-corrected chi connectivity index (χ3v) is 11.5. The van der Waals surface area contributed by atoms with E-state index < -0.39 is 0 Å². The minimum absolute atomic E-state index is 0.0808. The molecular formula is C37H31BN2. The molecule has 2 nitrogen and oxygen atoms in total. The van der Waals surface area contributed by atoms with E-state index >= 15 is 0 Å². The summed E-state index contributed by atoms with van der Waals surface area (Å²) in [5.74, 6) is 0. The van der Waals surface area contributed by atoms with Gasteiger partial charge in [0.05, 0.1) is 11.1 Å². The van der Waals surface area contributed by atoms with Gasteiger partial charge in [0.25, 0.3) is 6.71 Å².